The number of aliphatic hydroxyl groups is 1. The van der Waals surface area contributed by atoms with Crippen molar-refractivity contribution in [1.29, 1.82) is 0 Å². The van der Waals surface area contributed by atoms with Crippen LogP contribution in [-0.4, -0.2) is 44.4 Å². The zero-order chi connectivity index (χ0) is 21.4. The lowest BCUT2D eigenvalue weighted by Gasteiger charge is -2.12. The molecule has 0 saturated carbocycles. The standard InChI is InChI=1S/C17H21N5O3/c1-3-22-16(24)14-15(20-17(22)18-8-9-23)19-11-21(14)10-12-4-6-13(25-2)7-5-12/h4-7,11,23H,3,8-10H2,1-2H3,(H,18,20)/i8D2,9D2. The molecule has 8 heteroatoms. The van der Waals surface area contributed by atoms with Gasteiger partial charge >= 0.3 is 0 Å². The van der Waals surface area contributed by atoms with E-state index in [4.69, 9.17) is 10.2 Å². The summed E-state index contributed by atoms with van der Waals surface area (Å²) in [5.41, 5.74) is 0.783. The molecule has 0 aliphatic carbocycles. The van der Waals surface area contributed by atoms with Gasteiger partial charge in [0.1, 0.15) is 5.75 Å². The molecule has 2 aromatic heterocycles. The molecule has 2 heterocycles. The Hall–Kier alpha value is -2.87. The van der Waals surface area contributed by atoms with Crippen molar-refractivity contribution < 1.29 is 15.3 Å². The molecule has 0 amide bonds. The van der Waals surface area contributed by atoms with Gasteiger partial charge in [-0.2, -0.15) is 4.98 Å². The van der Waals surface area contributed by atoms with Gasteiger partial charge in [-0.1, -0.05) is 12.1 Å². The van der Waals surface area contributed by atoms with Gasteiger partial charge in [0.15, 0.2) is 11.2 Å². The van der Waals surface area contributed by atoms with E-state index >= 15 is 0 Å². The summed E-state index contributed by atoms with van der Waals surface area (Å²) in [6.07, 6.45) is 1.47. The van der Waals surface area contributed by atoms with Gasteiger partial charge in [0, 0.05) is 19.6 Å². The molecular weight excluding hydrogens is 322 g/mol. The number of ether oxygens (including phenoxy) is 1. The van der Waals surface area contributed by atoms with Crippen molar-refractivity contribution in [2.24, 2.45) is 0 Å². The normalized spacial score (nSPS) is 14.5. The maximum Gasteiger partial charge on any atom is 0.281 e. The van der Waals surface area contributed by atoms with Crippen molar-refractivity contribution in [1.82, 2.24) is 19.1 Å². The summed E-state index contributed by atoms with van der Waals surface area (Å²) in [6.45, 7) is -3.86. The number of rotatable bonds is 7. The number of nitrogens with one attached hydrogen (secondary N) is 1. The first kappa shape index (κ1) is 12.5. The van der Waals surface area contributed by atoms with E-state index in [1.807, 2.05) is 24.3 Å². The second kappa shape index (κ2) is 7.35. The number of benzene rings is 1. The first-order chi connectivity index (χ1) is 13.6. The van der Waals surface area contributed by atoms with Gasteiger partial charge < -0.3 is 19.7 Å². The fourth-order valence-corrected chi connectivity index (χ4v) is 2.58. The Balaban J connectivity index is 2.03. The maximum atomic E-state index is 13.0. The predicted molar refractivity (Wildman–Crippen MR) is 95.1 cm³/mol. The minimum absolute atomic E-state index is 0.0880. The van der Waals surface area contributed by atoms with Crippen molar-refractivity contribution in [3.05, 3.63) is 46.5 Å². The zero-order valence-electron chi connectivity index (χ0n) is 17.9. The molecular formula is C17H21N5O3. The van der Waals surface area contributed by atoms with E-state index in [2.05, 4.69) is 15.3 Å². The van der Waals surface area contributed by atoms with E-state index in [1.54, 1.807) is 18.6 Å². The summed E-state index contributed by atoms with van der Waals surface area (Å²) < 4.78 is 37.8. The monoisotopic (exact) mass is 347 g/mol. The van der Waals surface area contributed by atoms with E-state index in [0.717, 1.165) is 10.1 Å². The second-order valence-corrected chi connectivity index (χ2v) is 5.24. The van der Waals surface area contributed by atoms with Gasteiger partial charge in [-0.05, 0) is 24.6 Å². The topological polar surface area (TPSA) is 94.2 Å². The SMILES string of the molecule is [2H]C([2H])(O)C([2H])([2H])Nc1nc2ncn(Cc3ccc(OC)cc3)c2c(=O)n1CC. The van der Waals surface area contributed by atoms with Crippen LogP contribution >= 0.6 is 0 Å². The molecule has 8 nitrogen and oxygen atoms in total. The second-order valence-electron chi connectivity index (χ2n) is 5.24. The number of nitrogens with zero attached hydrogens (tertiary/aromatic N) is 4. The fourth-order valence-electron chi connectivity index (χ4n) is 2.58. The van der Waals surface area contributed by atoms with Crippen LogP contribution in [0.3, 0.4) is 0 Å². The maximum absolute atomic E-state index is 13.0. The molecule has 0 radical (unpaired) electrons. The number of hydrogen-bond donors (Lipinski definition) is 2. The summed E-state index contributed by atoms with van der Waals surface area (Å²) in [5, 5.41) is 11.6. The van der Waals surface area contributed by atoms with Gasteiger partial charge in [0.2, 0.25) is 5.95 Å². The average molecular weight is 347 g/mol. The number of methoxy groups -OCH3 is 1. The first-order valence-electron chi connectivity index (χ1n) is 9.66. The highest BCUT2D eigenvalue weighted by molar-refractivity contribution is 5.71. The molecule has 1 aromatic carbocycles. The van der Waals surface area contributed by atoms with Crippen molar-refractivity contribution >= 4 is 17.1 Å². The van der Waals surface area contributed by atoms with Gasteiger partial charge in [0.05, 0.1) is 25.5 Å². The van der Waals surface area contributed by atoms with Crippen molar-refractivity contribution in [2.75, 3.05) is 25.5 Å². The molecule has 0 bridgehead atoms. The molecule has 2 N–H and O–H groups in total. The van der Waals surface area contributed by atoms with Gasteiger partial charge in [-0.3, -0.25) is 9.36 Å². The average Bonchev–Trinajstić information content (AvgIpc) is 3.04. The Morgan fingerprint density at radius 2 is 2.12 bits per heavy atom. The summed E-state index contributed by atoms with van der Waals surface area (Å²) in [5.74, 6) is 0.496. The molecule has 0 spiro atoms. The number of anilines is 1. The fraction of sp³-hybridized carbons (Fsp3) is 0.353. The smallest absolute Gasteiger partial charge is 0.281 e. The summed E-state index contributed by atoms with van der Waals surface area (Å²) >= 11 is 0. The van der Waals surface area contributed by atoms with Crippen LogP contribution in [0.15, 0.2) is 35.4 Å². The van der Waals surface area contributed by atoms with Gasteiger partial charge in [0.25, 0.3) is 5.56 Å². The summed E-state index contributed by atoms with van der Waals surface area (Å²) in [4.78, 5) is 21.3. The highest BCUT2D eigenvalue weighted by atomic mass is 16.5. The molecule has 0 saturated heterocycles. The molecule has 25 heavy (non-hydrogen) atoms. The van der Waals surface area contributed by atoms with Crippen LogP contribution in [0.5, 0.6) is 5.75 Å². The molecule has 3 rings (SSSR count). The van der Waals surface area contributed by atoms with Crippen LogP contribution in [0.4, 0.5) is 5.95 Å². The van der Waals surface area contributed by atoms with E-state index in [-0.39, 0.29) is 23.7 Å². The quantitative estimate of drug-likeness (QED) is 0.664. The van der Waals surface area contributed by atoms with Crippen molar-refractivity contribution in [2.45, 2.75) is 20.0 Å². The molecule has 0 aliphatic rings. The predicted octanol–water partition coefficient (Wildman–Crippen LogP) is 1.07. The minimum atomic E-state index is -3.19. The summed E-state index contributed by atoms with van der Waals surface area (Å²) in [7, 11) is 1.58. The summed E-state index contributed by atoms with van der Waals surface area (Å²) in [6, 6.07) is 7.35. The van der Waals surface area contributed by atoms with Crippen LogP contribution < -0.4 is 15.6 Å². The number of fused-ring (bicyclic) bond motifs is 1. The highest BCUT2D eigenvalue weighted by Gasteiger charge is 2.15. The Kier molecular flexibility index (Phi) is 3.67. The lowest BCUT2D eigenvalue weighted by Crippen LogP contribution is -2.26. The first-order valence-corrected chi connectivity index (χ1v) is 7.66. The van der Waals surface area contributed by atoms with Crippen molar-refractivity contribution in [3.63, 3.8) is 0 Å². The van der Waals surface area contributed by atoms with Crippen LogP contribution in [0.2, 0.25) is 0 Å². The Labute approximate surface area is 150 Å². The van der Waals surface area contributed by atoms with E-state index in [1.165, 1.54) is 6.33 Å². The van der Waals surface area contributed by atoms with Gasteiger partial charge in [-0.25, -0.2) is 4.98 Å². The third-order valence-corrected chi connectivity index (χ3v) is 3.79. The largest absolute Gasteiger partial charge is 0.497 e. The highest BCUT2D eigenvalue weighted by Crippen LogP contribution is 2.15. The Morgan fingerprint density at radius 1 is 1.36 bits per heavy atom. The van der Waals surface area contributed by atoms with Crippen LogP contribution in [-0.2, 0) is 13.1 Å². The number of imidazole rings is 1. The molecule has 0 fully saturated rings. The molecule has 0 atom stereocenters. The molecule has 0 aliphatic heterocycles. The molecule has 3 aromatic rings. The van der Waals surface area contributed by atoms with E-state index < -0.39 is 18.6 Å². The number of hydrogen-bond acceptors (Lipinski definition) is 6. The molecule has 132 valence electrons. The lowest BCUT2D eigenvalue weighted by molar-refractivity contribution is 0.310. The van der Waals surface area contributed by atoms with Crippen LogP contribution in [0, 0.1) is 0 Å². The Morgan fingerprint density at radius 3 is 2.76 bits per heavy atom. The van der Waals surface area contributed by atoms with Gasteiger partial charge in [-0.15, -0.1) is 0 Å². The third-order valence-electron chi connectivity index (χ3n) is 3.79. The van der Waals surface area contributed by atoms with Crippen molar-refractivity contribution in [3.8, 4) is 5.75 Å². The van der Waals surface area contributed by atoms with E-state index in [9.17, 15) is 9.90 Å². The van der Waals surface area contributed by atoms with Crippen LogP contribution in [0.1, 0.15) is 18.0 Å². The minimum Gasteiger partial charge on any atom is -0.497 e. The number of aromatic nitrogens is 4. The Bertz CT molecular complexity index is 1070. The van der Waals surface area contributed by atoms with E-state index in [0.29, 0.717) is 12.3 Å². The third kappa shape index (κ3) is 3.34. The lowest BCUT2D eigenvalue weighted by atomic mass is 10.2. The van der Waals surface area contributed by atoms with Crippen LogP contribution in [0.25, 0.3) is 11.2 Å². The molecule has 0 unspecified atom stereocenters. The zero-order valence-corrected chi connectivity index (χ0v) is 13.9.